The van der Waals surface area contributed by atoms with E-state index in [1.807, 2.05) is 25.1 Å². The van der Waals surface area contributed by atoms with Gasteiger partial charge in [-0.2, -0.15) is 0 Å². The SMILES string of the molecule is COc1ccc(OC)c([C@H](C)NC(=O)CSc2nnc(C)n2N)c1. The highest BCUT2D eigenvalue weighted by Crippen LogP contribution is 2.29. The minimum atomic E-state index is -0.236. The van der Waals surface area contributed by atoms with Crippen LogP contribution in [-0.4, -0.2) is 40.8 Å². The van der Waals surface area contributed by atoms with Gasteiger partial charge >= 0.3 is 0 Å². The minimum absolute atomic E-state index is 0.141. The number of hydrogen-bond acceptors (Lipinski definition) is 7. The molecule has 130 valence electrons. The van der Waals surface area contributed by atoms with Crippen molar-refractivity contribution < 1.29 is 14.3 Å². The molecule has 24 heavy (non-hydrogen) atoms. The first-order chi connectivity index (χ1) is 11.5. The number of thioether (sulfide) groups is 1. The number of aryl methyl sites for hydroxylation is 1. The van der Waals surface area contributed by atoms with Gasteiger partial charge in [-0.1, -0.05) is 11.8 Å². The number of nitrogens with two attached hydrogens (primary N) is 1. The van der Waals surface area contributed by atoms with E-state index in [2.05, 4.69) is 15.5 Å². The molecule has 1 atom stereocenters. The molecule has 0 spiro atoms. The van der Waals surface area contributed by atoms with Gasteiger partial charge in [-0.25, -0.2) is 4.68 Å². The number of benzene rings is 1. The predicted octanol–water partition coefficient (Wildman–Crippen LogP) is 1.29. The summed E-state index contributed by atoms with van der Waals surface area (Å²) in [4.78, 5) is 12.2. The van der Waals surface area contributed by atoms with Gasteiger partial charge < -0.3 is 20.6 Å². The first-order valence-electron chi connectivity index (χ1n) is 7.27. The summed E-state index contributed by atoms with van der Waals surface area (Å²) in [5.74, 6) is 7.79. The second-order valence-electron chi connectivity index (χ2n) is 5.09. The van der Waals surface area contributed by atoms with Crippen molar-refractivity contribution in [3.63, 3.8) is 0 Å². The number of aromatic nitrogens is 3. The second kappa shape index (κ2) is 7.91. The van der Waals surface area contributed by atoms with Crippen LogP contribution in [0.4, 0.5) is 0 Å². The van der Waals surface area contributed by atoms with Crippen molar-refractivity contribution in [2.24, 2.45) is 0 Å². The number of rotatable bonds is 7. The van der Waals surface area contributed by atoms with E-state index in [-0.39, 0.29) is 17.7 Å². The highest BCUT2D eigenvalue weighted by atomic mass is 32.2. The lowest BCUT2D eigenvalue weighted by molar-refractivity contribution is -0.119. The van der Waals surface area contributed by atoms with E-state index in [4.69, 9.17) is 15.3 Å². The van der Waals surface area contributed by atoms with Gasteiger partial charge in [-0.15, -0.1) is 10.2 Å². The van der Waals surface area contributed by atoms with Crippen molar-refractivity contribution >= 4 is 17.7 Å². The third-order valence-electron chi connectivity index (χ3n) is 3.45. The molecule has 1 heterocycles. The summed E-state index contributed by atoms with van der Waals surface area (Å²) in [5, 5.41) is 11.2. The molecule has 1 aromatic heterocycles. The molecule has 2 rings (SSSR count). The number of nitrogens with one attached hydrogen (secondary N) is 1. The topological polar surface area (TPSA) is 104 Å². The third kappa shape index (κ3) is 4.10. The quantitative estimate of drug-likeness (QED) is 0.572. The van der Waals surface area contributed by atoms with Gasteiger partial charge in [0.05, 0.1) is 26.0 Å². The van der Waals surface area contributed by atoms with E-state index in [0.29, 0.717) is 22.5 Å². The van der Waals surface area contributed by atoms with Crippen LogP contribution in [-0.2, 0) is 4.79 Å². The van der Waals surface area contributed by atoms with Crippen molar-refractivity contribution in [2.75, 3.05) is 25.8 Å². The molecule has 0 aliphatic heterocycles. The normalized spacial score (nSPS) is 11.8. The predicted molar refractivity (Wildman–Crippen MR) is 91.7 cm³/mol. The van der Waals surface area contributed by atoms with Gasteiger partial charge in [0.1, 0.15) is 17.3 Å². The van der Waals surface area contributed by atoms with E-state index in [1.165, 1.54) is 16.4 Å². The summed E-state index contributed by atoms with van der Waals surface area (Å²) in [7, 11) is 3.18. The van der Waals surface area contributed by atoms with Crippen molar-refractivity contribution in [1.82, 2.24) is 20.2 Å². The standard InChI is InChI=1S/C15H21N5O3S/c1-9(12-7-11(22-3)5-6-13(12)23-4)17-14(21)8-24-15-19-18-10(2)20(15)16/h5-7,9H,8,16H2,1-4H3,(H,17,21)/t9-/m0/s1. The molecular weight excluding hydrogens is 330 g/mol. The molecule has 8 nitrogen and oxygen atoms in total. The Morgan fingerprint density at radius 2 is 2.12 bits per heavy atom. The molecule has 0 bridgehead atoms. The van der Waals surface area contributed by atoms with Crippen molar-refractivity contribution in [1.29, 1.82) is 0 Å². The van der Waals surface area contributed by atoms with Gasteiger partial charge in [0.15, 0.2) is 0 Å². The van der Waals surface area contributed by atoms with Crippen molar-refractivity contribution in [3.8, 4) is 11.5 Å². The number of carbonyl (C=O) groups is 1. The smallest absolute Gasteiger partial charge is 0.230 e. The van der Waals surface area contributed by atoms with Crippen LogP contribution in [0.1, 0.15) is 24.4 Å². The second-order valence-corrected chi connectivity index (χ2v) is 6.03. The number of ether oxygens (including phenoxy) is 2. The van der Waals surface area contributed by atoms with Gasteiger partial charge in [0, 0.05) is 5.56 Å². The number of carbonyl (C=O) groups excluding carboxylic acids is 1. The fraction of sp³-hybridized carbons (Fsp3) is 0.400. The number of hydrogen-bond donors (Lipinski definition) is 2. The van der Waals surface area contributed by atoms with E-state index in [0.717, 1.165) is 5.56 Å². The zero-order valence-electron chi connectivity index (χ0n) is 14.1. The van der Waals surface area contributed by atoms with E-state index in [9.17, 15) is 4.79 Å². The average molecular weight is 351 g/mol. The lowest BCUT2D eigenvalue weighted by atomic mass is 10.1. The average Bonchev–Trinajstić information content (AvgIpc) is 2.91. The highest BCUT2D eigenvalue weighted by molar-refractivity contribution is 7.99. The molecule has 3 N–H and O–H groups in total. The molecule has 0 fully saturated rings. The molecule has 0 unspecified atom stereocenters. The van der Waals surface area contributed by atoms with E-state index >= 15 is 0 Å². The van der Waals surface area contributed by atoms with Crippen LogP contribution in [0.2, 0.25) is 0 Å². The first kappa shape index (κ1) is 17.9. The Balaban J connectivity index is 1.99. The van der Waals surface area contributed by atoms with Crippen LogP contribution in [0.5, 0.6) is 11.5 Å². The van der Waals surface area contributed by atoms with E-state index < -0.39 is 0 Å². The molecule has 0 radical (unpaired) electrons. The summed E-state index contributed by atoms with van der Waals surface area (Å²) >= 11 is 1.23. The van der Waals surface area contributed by atoms with Gasteiger partial charge in [-0.3, -0.25) is 4.79 Å². The van der Waals surface area contributed by atoms with Crippen LogP contribution in [0.25, 0.3) is 0 Å². The Hall–Kier alpha value is -2.42. The van der Waals surface area contributed by atoms with Crippen LogP contribution < -0.4 is 20.6 Å². The Kier molecular flexibility index (Phi) is 5.91. The summed E-state index contributed by atoms with van der Waals surface area (Å²) in [6, 6.07) is 5.23. The molecule has 0 aliphatic rings. The largest absolute Gasteiger partial charge is 0.497 e. The third-order valence-corrected chi connectivity index (χ3v) is 4.39. The fourth-order valence-corrected chi connectivity index (χ4v) is 2.83. The number of nitrogen functional groups attached to an aromatic ring is 1. The Labute approximate surface area is 144 Å². The van der Waals surface area contributed by atoms with Gasteiger partial charge in [0.25, 0.3) is 0 Å². The lowest BCUT2D eigenvalue weighted by Gasteiger charge is -2.18. The first-order valence-corrected chi connectivity index (χ1v) is 8.26. The van der Waals surface area contributed by atoms with Gasteiger partial charge in [0.2, 0.25) is 11.1 Å². The van der Waals surface area contributed by atoms with Crippen molar-refractivity contribution in [3.05, 3.63) is 29.6 Å². The Morgan fingerprint density at radius 3 is 2.71 bits per heavy atom. The summed E-state index contributed by atoms with van der Waals surface area (Å²) < 4.78 is 11.9. The van der Waals surface area contributed by atoms with Crippen molar-refractivity contribution in [2.45, 2.75) is 25.0 Å². The zero-order valence-corrected chi connectivity index (χ0v) is 14.9. The number of methoxy groups -OCH3 is 2. The maximum absolute atomic E-state index is 12.2. The molecular formula is C15H21N5O3S. The zero-order chi connectivity index (χ0) is 17.7. The molecule has 0 saturated heterocycles. The lowest BCUT2D eigenvalue weighted by Crippen LogP contribution is -2.28. The Morgan fingerprint density at radius 1 is 1.38 bits per heavy atom. The molecule has 1 aromatic carbocycles. The summed E-state index contributed by atoms with van der Waals surface area (Å²) in [6.07, 6.45) is 0. The Bertz CT molecular complexity index is 719. The molecule has 0 saturated carbocycles. The van der Waals surface area contributed by atoms with E-state index in [1.54, 1.807) is 21.1 Å². The summed E-state index contributed by atoms with van der Waals surface area (Å²) in [6.45, 7) is 3.63. The van der Waals surface area contributed by atoms with Crippen LogP contribution in [0.3, 0.4) is 0 Å². The maximum Gasteiger partial charge on any atom is 0.230 e. The number of nitrogens with zero attached hydrogens (tertiary/aromatic N) is 3. The van der Waals surface area contributed by atoms with Crippen LogP contribution >= 0.6 is 11.8 Å². The maximum atomic E-state index is 12.2. The van der Waals surface area contributed by atoms with Crippen LogP contribution in [0, 0.1) is 6.92 Å². The number of amides is 1. The molecule has 0 aliphatic carbocycles. The fourth-order valence-electron chi connectivity index (χ4n) is 2.12. The molecule has 2 aromatic rings. The molecule has 9 heteroatoms. The monoisotopic (exact) mass is 351 g/mol. The minimum Gasteiger partial charge on any atom is -0.497 e. The van der Waals surface area contributed by atoms with Crippen LogP contribution in [0.15, 0.2) is 23.4 Å². The molecule has 1 amide bonds. The summed E-state index contributed by atoms with van der Waals surface area (Å²) in [5.41, 5.74) is 0.841. The van der Waals surface area contributed by atoms with Gasteiger partial charge in [-0.05, 0) is 32.0 Å². The highest BCUT2D eigenvalue weighted by Gasteiger charge is 2.16.